The molecule has 6 nitrogen and oxygen atoms in total. The number of amides is 2. The lowest BCUT2D eigenvalue weighted by atomic mass is 10.00. The minimum Gasteiger partial charge on any atom is -0.465 e. The second kappa shape index (κ2) is 9.91. The first-order chi connectivity index (χ1) is 15.2. The number of benzene rings is 2. The zero-order valence-corrected chi connectivity index (χ0v) is 17.2. The van der Waals surface area contributed by atoms with E-state index in [2.05, 4.69) is 39.8 Å². The Morgan fingerprint density at radius 2 is 1.74 bits per heavy atom. The van der Waals surface area contributed by atoms with Gasteiger partial charge >= 0.3 is 0 Å². The first-order valence-corrected chi connectivity index (χ1v) is 10.4. The fraction of sp³-hybridized carbons (Fsp3) is 0.200. The van der Waals surface area contributed by atoms with E-state index in [-0.39, 0.29) is 17.5 Å². The van der Waals surface area contributed by atoms with Gasteiger partial charge in [0.05, 0.1) is 6.26 Å². The maximum atomic E-state index is 12.8. The van der Waals surface area contributed by atoms with Crippen LogP contribution in [0.2, 0.25) is 0 Å². The molecule has 0 spiro atoms. The van der Waals surface area contributed by atoms with Gasteiger partial charge < -0.3 is 15.1 Å². The Bertz CT molecular complexity index is 1060. The topological polar surface area (TPSA) is 74.6 Å². The number of rotatable bonds is 7. The van der Waals surface area contributed by atoms with Gasteiger partial charge in [-0.2, -0.15) is 0 Å². The van der Waals surface area contributed by atoms with Crippen molar-refractivity contribution in [1.82, 2.24) is 15.5 Å². The molecule has 1 aliphatic heterocycles. The summed E-state index contributed by atoms with van der Waals surface area (Å²) in [6.07, 6.45) is 4.07. The van der Waals surface area contributed by atoms with Crippen LogP contribution >= 0.6 is 0 Å². The molecular formula is C25H25N3O3. The molecule has 0 unspecified atom stereocenters. The van der Waals surface area contributed by atoms with Crippen LogP contribution in [-0.2, 0) is 17.8 Å². The van der Waals surface area contributed by atoms with Gasteiger partial charge in [0, 0.05) is 37.8 Å². The molecule has 158 valence electrons. The monoisotopic (exact) mass is 415 g/mol. The molecule has 0 radical (unpaired) electrons. The molecule has 1 aromatic heterocycles. The lowest BCUT2D eigenvalue weighted by Crippen LogP contribution is -2.40. The summed E-state index contributed by atoms with van der Waals surface area (Å²) in [6, 6.07) is 20.7. The van der Waals surface area contributed by atoms with Crippen LogP contribution in [0.3, 0.4) is 0 Å². The summed E-state index contributed by atoms with van der Waals surface area (Å²) < 4.78 is 5.32. The third kappa shape index (κ3) is 5.49. The Kier molecular flexibility index (Phi) is 6.59. The minimum atomic E-state index is -0.349. The number of fused-ring (bicyclic) bond motifs is 1. The van der Waals surface area contributed by atoms with Crippen molar-refractivity contribution in [1.29, 1.82) is 0 Å². The number of carbonyl (C=O) groups is 2. The van der Waals surface area contributed by atoms with E-state index < -0.39 is 0 Å². The fourth-order valence-corrected chi connectivity index (χ4v) is 3.63. The van der Waals surface area contributed by atoms with Crippen molar-refractivity contribution in [3.05, 3.63) is 101 Å². The molecule has 1 aliphatic rings. The maximum Gasteiger partial charge on any atom is 0.267 e. The molecule has 6 heteroatoms. The van der Waals surface area contributed by atoms with Gasteiger partial charge in [-0.1, -0.05) is 42.5 Å². The van der Waals surface area contributed by atoms with Gasteiger partial charge in [-0.3, -0.25) is 14.5 Å². The highest BCUT2D eigenvalue weighted by Gasteiger charge is 2.17. The molecule has 2 heterocycles. The van der Waals surface area contributed by atoms with E-state index in [9.17, 15) is 9.59 Å². The summed E-state index contributed by atoms with van der Waals surface area (Å²) in [7, 11) is 0. The minimum absolute atomic E-state index is 0.146. The Balaban J connectivity index is 1.37. The Morgan fingerprint density at radius 1 is 0.968 bits per heavy atom. The van der Waals surface area contributed by atoms with E-state index in [1.54, 1.807) is 36.4 Å². The van der Waals surface area contributed by atoms with Crippen LogP contribution < -0.4 is 10.6 Å². The fourth-order valence-electron chi connectivity index (χ4n) is 3.63. The third-order valence-electron chi connectivity index (χ3n) is 5.28. The molecule has 2 N–H and O–H groups in total. The summed E-state index contributed by atoms with van der Waals surface area (Å²) in [5, 5.41) is 5.63. The van der Waals surface area contributed by atoms with Crippen molar-refractivity contribution in [2.75, 3.05) is 19.6 Å². The van der Waals surface area contributed by atoms with Gasteiger partial charge in [0.15, 0.2) is 0 Å². The summed E-state index contributed by atoms with van der Waals surface area (Å²) in [5.74, 6) is -0.203. The molecule has 2 aromatic carbocycles. The highest BCUT2D eigenvalue weighted by atomic mass is 16.3. The molecule has 0 atom stereocenters. The first kappa shape index (κ1) is 20.6. The van der Waals surface area contributed by atoms with E-state index in [1.807, 2.05) is 6.07 Å². The largest absolute Gasteiger partial charge is 0.465 e. The van der Waals surface area contributed by atoms with Gasteiger partial charge in [-0.15, -0.1) is 0 Å². The van der Waals surface area contributed by atoms with Crippen molar-refractivity contribution in [3.8, 4) is 0 Å². The number of furan rings is 1. The van der Waals surface area contributed by atoms with Crippen molar-refractivity contribution in [2.24, 2.45) is 0 Å². The van der Waals surface area contributed by atoms with E-state index >= 15 is 0 Å². The number of hydrogen-bond donors (Lipinski definition) is 2. The maximum absolute atomic E-state index is 12.8. The van der Waals surface area contributed by atoms with Crippen LogP contribution in [-0.4, -0.2) is 36.3 Å². The predicted molar refractivity (Wildman–Crippen MR) is 119 cm³/mol. The lowest BCUT2D eigenvalue weighted by Gasteiger charge is -2.28. The van der Waals surface area contributed by atoms with E-state index in [0.717, 1.165) is 26.1 Å². The van der Waals surface area contributed by atoms with E-state index in [4.69, 9.17) is 4.42 Å². The molecule has 0 saturated carbocycles. The highest BCUT2D eigenvalue weighted by Crippen LogP contribution is 2.17. The zero-order valence-electron chi connectivity index (χ0n) is 17.2. The summed E-state index contributed by atoms with van der Waals surface area (Å²) in [6.45, 7) is 3.07. The molecule has 0 saturated heterocycles. The van der Waals surface area contributed by atoms with Crippen LogP contribution in [0.15, 0.2) is 83.1 Å². The molecule has 0 aliphatic carbocycles. The second-order valence-corrected chi connectivity index (χ2v) is 7.44. The summed E-state index contributed by atoms with van der Waals surface area (Å²) in [4.78, 5) is 27.7. The van der Waals surface area contributed by atoms with Gasteiger partial charge in [-0.05, 0) is 41.8 Å². The molecule has 0 bridgehead atoms. The van der Waals surface area contributed by atoms with Gasteiger partial charge in [0.2, 0.25) is 0 Å². The van der Waals surface area contributed by atoms with E-state index in [1.165, 1.54) is 23.5 Å². The first-order valence-electron chi connectivity index (χ1n) is 10.4. The molecule has 2 amide bonds. The van der Waals surface area contributed by atoms with Crippen LogP contribution in [0.5, 0.6) is 0 Å². The average Bonchev–Trinajstić information content (AvgIpc) is 3.32. The molecule has 0 fully saturated rings. The number of nitrogens with one attached hydrogen (secondary N) is 2. The Labute approximate surface area is 181 Å². The molecule has 4 rings (SSSR count). The second-order valence-electron chi connectivity index (χ2n) is 7.44. The van der Waals surface area contributed by atoms with Crippen molar-refractivity contribution in [2.45, 2.75) is 13.0 Å². The third-order valence-corrected chi connectivity index (χ3v) is 5.28. The van der Waals surface area contributed by atoms with Gasteiger partial charge in [0.1, 0.15) is 11.5 Å². The normalized spacial score (nSPS) is 14.0. The smallest absolute Gasteiger partial charge is 0.267 e. The standard InChI is InChI=1S/C25H25N3O3/c29-24(20-8-2-1-3-9-20)27-23(17-22-11-6-16-31-22)25(30)26-13-15-28-14-12-19-7-4-5-10-21(19)18-28/h1-11,16-17H,12-15,18H2,(H,26,30)(H,27,29)/b23-17-. The van der Waals surface area contributed by atoms with Gasteiger partial charge in [-0.25, -0.2) is 0 Å². The summed E-state index contributed by atoms with van der Waals surface area (Å²) in [5.41, 5.74) is 3.36. The van der Waals surface area contributed by atoms with Gasteiger partial charge in [0.25, 0.3) is 11.8 Å². The SMILES string of the molecule is O=C(NCCN1CCc2ccccc2C1)/C(=C/c1ccco1)NC(=O)c1ccccc1. The Morgan fingerprint density at radius 3 is 2.52 bits per heavy atom. The Hall–Kier alpha value is -3.64. The highest BCUT2D eigenvalue weighted by molar-refractivity contribution is 6.05. The zero-order chi connectivity index (χ0) is 21.5. The van der Waals surface area contributed by atoms with Crippen molar-refractivity contribution >= 4 is 17.9 Å². The number of carbonyl (C=O) groups excluding carboxylic acids is 2. The van der Waals surface area contributed by atoms with Crippen molar-refractivity contribution in [3.63, 3.8) is 0 Å². The van der Waals surface area contributed by atoms with Crippen LogP contribution in [0, 0.1) is 0 Å². The van der Waals surface area contributed by atoms with E-state index in [0.29, 0.717) is 17.9 Å². The number of hydrogen-bond acceptors (Lipinski definition) is 4. The van der Waals surface area contributed by atoms with Crippen LogP contribution in [0.4, 0.5) is 0 Å². The molecule has 31 heavy (non-hydrogen) atoms. The van der Waals surface area contributed by atoms with Crippen molar-refractivity contribution < 1.29 is 14.0 Å². The lowest BCUT2D eigenvalue weighted by molar-refractivity contribution is -0.117. The quantitative estimate of drug-likeness (QED) is 0.581. The molecular weight excluding hydrogens is 390 g/mol. The average molecular weight is 415 g/mol. The molecule has 3 aromatic rings. The predicted octanol–water partition coefficient (Wildman–Crippen LogP) is 3.23. The van der Waals surface area contributed by atoms with Crippen LogP contribution in [0.1, 0.15) is 27.2 Å². The number of nitrogens with zero attached hydrogens (tertiary/aromatic N) is 1. The summed E-state index contributed by atoms with van der Waals surface area (Å²) >= 11 is 0. The van der Waals surface area contributed by atoms with Crippen LogP contribution in [0.25, 0.3) is 6.08 Å².